The van der Waals surface area contributed by atoms with Crippen molar-refractivity contribution >= 4 is 42.6 Å². The molecule has 0 radical (unpaired) electrons. The predicted molar refractivity (Wildman–Crippen MR) is 177 cm³/mol. The van der Waals surface area contributed by atoms with Gasteiger partial charge in [-0.05, 0) is 80.8 Å². The average molecular weight is 694 g/mol. The van der Waals surface area contributed by atoms with Gasteiger partial charge in [-0.2, -0.15) is 13.2 Å². The summed E-state index contributed by atoms with van der Waals surface area (Å²) in [5.74, 6) is 5.80. The minimum Gasteiger partial charge on any atom is -0.461 e. The number of piperidine rings is 1. The molecule has 13 heteroatoms. The van der Waals surface area contributed by atoms with Crippen LogP contribution in [0.2, 0.25) is 0 Å². The fraction of sp³-hybridized carbons (Fsp3) is 0.529. The molecule has 0 unspecified atom stereocenters. The molecule has 3 heterocycles. The lowest BCUT2D eigenvalue weighted by atomic mass is 9.76. The van der Waals surface area contributed by atoms with Gasteiger partial charge in [0.25, 0.3) is 0 Å². The predicted octanol–water partition coefficient (Wildman–Crippen LogP) is 7.01. The molecule has 7 nitrogen and oxygen atoms in total. The molecule has 2 aromatic carbocycles. The number of benzene rings is 2. The number of halogens is 4. The smallest absolute Gasteiger partial charge is 0.393 e. The number of alkyl halides is 4. The molecule has 3 aliphatic rings. The Morgan fingerprint density at radius 3 is 2.47 bits per heavy atom. The summed E-state index contributed by atoms with van der Waals surface area (Å²) in [6, 6.07) is 10.3. The first kappa shape index (κ1) is 33.8. The minimum atomic E-state index is -4.41. The molecule has 0 atom stereocenters. The summed E-state index contributed by atoms with van der Waals surface area (Å²) in [5.41, 5.74) is 1.71. The number of likely N-dealkylation sites (tertiary alicyclic amines) is 1. The molecular weight excluding hydrogens is 655 g/mol. The van der Waals surface area contributed by atoms with Crippen molar-refractivity contribution in [3.8, 4) is 17.6 Å². The second-order valence-corrected chi connectivity index (χ2v) is 15.9. The third-order valence-corrected chi connectivity index (χ3v) is 11.9. The van der Waals surface area contributed by atoms with E-state index >= 15 is 0 Å². The first-order chi connectivity index (χ1) is 22.4. The van der Waals surface area contributed by atoms with E-state index in [1.54, 1.807) is 12.1 Å². The van der Waals surface area contributed by atoms with Gasteiger partial charge in [0.2, 0.25) is 6.86 Å². The lowest BCUT2D eigenvalue weighted by molar-refractivity contribution is -0.143. The summed E-state index contributed by atoms with van der Waals surface area (Å²) < 4.78 is 89.1. The zero-order valence-corrected chi connectivity index (χ0v) is 27.9. The Morgan fingerprint density at radius 1 is 1.09 bits per heavy atom. The molecular formula is C34H39F4N3O4S2. The van der Waals surface area contributed by atoms with Gasteiger partial charge in [0.1, 0.15) is 5.75 Å². The van der Waals surface area contributed by atoms with Crippen LogP contribution in [0.15, 0.2) is 41.3 Å². The summed E-state index contributed by atoms with van der Waals surface area (Å²) in [6.07, 6.45) is 2.15. The summed E-state index contributed by atoms with van der Waals surface area (Å²) in [4.78, 5) is 2.95. The molecule has 47 heavy (non-hydrogen) atoms. The Morgan fingerprint density at radius 2 is 1.83 bits per heavy atom. The van der Waals surface area contributed by atoms with Crippen molar-refractivity contribution < 1.29 is 35.5 Å². The van der Waals surface area contributed by atoms with Crippen LogP contribution in [0.4, 0.5) is 28.9 Å². The number of rotatable bonds is 9. The molecule has 254 valence electrons. The van der Waals surface area contributed by atoms with Crippen molar-refractivity contribution in [1.82, 2.24) is 4.90 Å². The highest BCUT2D eigenvalue weighted by molar-refractivity contribution is 7.90. The normalized spacial score (nSPS) is 21.6. The van der Waals surface area contributed by atoms with Gasteiger partial charge in [-0.15, -0.1) is 11.3 Å². The van der Waals surface area contributed by atoms with E-state index in [0.717, 1.165) is 68.6 Å². The van der Waals surface area contributed by atoms with Gasteiger partial charge >= 0.3 is 6.18 Å². The standard InChI is InChI=1S/C34H39F4N3O4S2/c1-47(42,43)25-11-12-28(30(18-25)45-22-35)39-15-3-6-31-27(19-34(36,37)38)26-4-2-5-29(32(26)46-31)40-23-7-9-24(10-8-23)41-16-13-33(14-17-41)20-44-21-33/h2,4-5,11-12,18,23-24,39-40H,7-10,13-17,19-22H2,1H3. The van der Waals surface area contributed by atoms with Gasteiger partial charge < -0.3 is 25.0 Å². The van der Waals surface area contributed by atoms with E-state index in [1.165, 1.54) is 42.4 Å². The average Bonchev–Trinajstić information content (AvgIpc) is 3.35. The maximum absolute atomic E-state index is 13.7. The summed E-state index contributed by atoms with van der Waals surface area (Å²) in [7, 11) is -3.54. The topological polar surface area (TPSA) is 79.9 Å². The van der Waals surface area contributed by atoms with Crippen molar-refractivity contribution in [1.29, 1.82) is 0 Å². The molecule has 1 aromatic heterocycles. The van der Waals surface area contributed by atoms with Crippen LogP contribution in [-0.2, 0) is 21.0 Å². The number of nitrogens with zero attached hydrogens (tertiary/aromatic N) is 1. The number of hydrogen-bond donors (Lipinski definition) is 2. The fourth-order valence-corrected chi connectivity index (χ4v) is 8.74. The van der Waals surface area contributed by atoms with E-state index in [1.807, 2.05) is 6.07 Å². The summed E-state index contributed by atoms with van der Waals surface area (Å²) >= 11 is 1.25. The van der Waals surface area contributed by atoms with E-state index in [9.17, 15) is 26.0 Å². The number of hydrogen-bond acceptors (Lipinski definition) is 8. The first-order valence-electron chi connectivity index (χ1n) is 15.9. The Hall–Kier alpha value is -3.05. The molecule has 3 aromatic rings. The SMILES string of the molecule is CS(=O)(=O)c1ccc(NCC#Cc2sc3c(NC4CCC(N5CCC6(CC5)COC6)CC4)cccc3c2CC(F)(F)F)c(OCF)c1. The fourth-order valence-electron chi connectivity index (χ4n) is 6.93. The number of nitrogens with one attached hydrogen (secondary N) is 2. The highest BCUT2D eigenvalue weighted by atomic mass is 32.2. The lowest BCUT2D eigenvalue weighted by Gasteiger charge is -2.49. The monoisotopic (exact) mass is 693 g/mol. The quantitative estimate of drug-likeness (QED) is 0.184. The Labute approximate surface area is 276 Å². The lowest BCUT2D eigenvalue weighted by Crippen LogP contribution is -2.53. The van der Waals surface area contributed by atoms with Gasteiger partial charge in [0.05, 0.1) is 52.0 Å². The number of ether oxygens (including phenoxy) is 2. The van der Waals surface area contributed by atoms with Gasteiger partial charge in [-0.25, -0.2) is 12.8 Å². The third kappa shape index (κ3) is 7.99. The zero-order valence-electron chi connectivity index (χ0n) is 26.2. The van der Waals surface area contributed by atoms with Crippen LogP contribution in [0.1, 0.15) is 49.0 Å². The van der Waals surface area contributed by atoms with E-state index in [2.05, 4.69) is 27.4 Å². The van der Waals surface area contributed by atoms with Crippen molar-refractivity contribution in [3.63, 3.8) is 0 Å². The molecule has 1 spiro atoms. The number of fused-ring (bicyclic) bond motifs is 1. The Balaban J connectivity index is 1.15. The maximum Gasteiger partial charge on any atom is 0.393 e. The second kappa shape index (κ2) is 13.8. The van der Waals surface area contributed by atoms with Crippen molar-refractivity contribution in [2.24, 2.45) is 5.41 Å². The Bertz CT molecular complexity index is 1740. The number of sulfone groups is 1. The van der Waals surface area contributed by atoms with Crippen molar-refractivity contribution in [2.75, 3.05) is 56.6 Å². The van der Waals surface area contributed by atoms with E-state index < -0.39 is 29.3 Å². The zero-order chi connectivity index (χ0) is 33.2. The number of thiophene rings is 1. The van der Waals surface area contributed by atoms with Crippen LogP contribution in [-0.4, -0.2) is 77.5 Å². The first-order valence-corrected chi connectivity index (χ1v) is 18.6. The van der Waals surface area contributed by atoms with Gasteiger partial charge in [-0.1, -0.05) is 24.0 Å². The van der Waals surface area contributed by atoms with Crippen LogP contribution in [0, 0.1) is 17.3 Å². The van der Waals surface area contributed by atoms with Crippen LogP contribution >= 0.6 is 11.3 Å². The van der Waals surface area contributed by atoms with Gasteiger partial charge in [0, 0.05) is 29.8 Å². The third-order valence-electron chi connectivity index (χ3n) is 9.60. The maximum atomic E-state index is 13.7. The van der Waals surface area contributed by atoms with Gasteiger partial charge in [0.15, 0.2) is 9.84 Å². The largest absolute Gasteiger partial charge is 0.461 e. The van der Waals surface area contributed by atoms with E-state index in [-0.39, 0.29) is 28.8 Å². The molecule has 3 fully saturated rings. The van der Waals surface area contributed by atoms with Crippen LogP contribution in [0.5, 0.6) is 5.75 Å². The highest BCUT2D eigenvalue weighted by Crippen LogP contribution is 2.42. The molecule has 0 bridgehead atoms. The van der Waals surface area contributed by atoms with Crippen LogP contribution in [0.3, 0.4) is 0 Å². The molecule has 6 rings (SSSR count). The van der Waals surface area contributed by atoms with E-state index in [0.29, 0.717) is 27.4 Å². The van der Waals surface area contributed by atoms with Gasteiger partial charge in [-0.3, -0.25) is 0 Å². The van der Waals surface area contributed by atoms with E-state index in [4.69, 9.17) is 9.47 Å². The molecule has 2 N–H and O–H groups in total. The molecule has 0 amide bonds. The highest BCUT2D eigenvalue weighted by Gasteiger charge is 2.42. The summed E-state index contributed by atoms with van der Waals surface area (Å²) in [6.45, 7) is 2.92. The van der Waals surface area contributed by atoms with Crippen LogP contribution in [0.25, 0.3) is 10.1 Å². The number of anilines is 2. The van der Waals surface area contributed by atoms with Crippen molar-refractivity contribution in [2.45, 2.75) is 68.1 Å². The molecule has 1 aliphatic carbocycles. The van der Waals surface area contributed by atoms with Crippen molar-refractivity contribution in [3.05, 3.63) is 46.8 Å². The van der Waals surface area contributed by atoms with Crippen LogP contribution < -0.4 is 15.4 Å². The minimum absolute atomic E-state index is 0.00492. The molecule has 1 saturated carbocycles. The Kier molecular flexibility index (Phi) is 9.95. The molecule has 2 aliphatic heterocycles. The second-order valence-electron chi connectivity index (χ2n) is 12.9. The molecule has 2 saturated heterocycles. The summed E-state index contributed by atoms with van der Waals surface area (Å²) in [5, 5.41) is 7.14.